The molecule has 0 saturated heterocycles. The van der Waals surface area contributed by atoms with E-state index in [1.807, 2.05) is 31.2 Å². The Balaban J connectivity index is 2.73. The maximum absolute atomic E-state index is 5.23. The highest BCUT2D eigenvalue weighted by atomic mass is 16.3. The van der Waals surface area contributed by atoms with Gasteiger partial charge in [0.1, 0.15) is 5.58 Å². The van der Waals surface area contributed by atoms with E-state index in [0.717, 1.165) is 16.7 Å². The quantitative estimate of drug-likeness (QED) is 0.639. The van der Waals surface area contributed by atoms with Gasteiger partial charge in [0.2, 0.25) is 0 Å². The number of aromatic nitrogens is 1. The first-order chi connectivity index (χ1) is 5.92. The zero-order chi connectivity index (χ0) is 8.39. The van der Waals surface area contributed by atoms with Gasteiger partial charge in [-0.3, -0.25) is 4.98 Å². The van der Waals surface area contributed by atoms with Crippen molar-refractivity contribution in [3.63, 3.8) is 0 Å². The Hall–Kier alpha value is -1.57. The minimum absolute atomic E-state index is 0.887. The second kappa shape index (κ2) is 2.81. The van der Waals surface area contributed by atoms with E-state index in [2.05, 4.69) is 4.98 Å². The highest BCUT2D eigenvalue weighted by Gasteiger charge is 1.99. The van der Waals surface area contributed by atoms with Gasteiger partial charge in [-0.05, 0) is 25.1 Å². The van der Waals surface area contributed by atoms with E-state index in [-0.39, 0.29) is 0 Å². The Morgan fingerprint density at radius 3 is 3.17 bits per heavy atom. The number of pyridine rings is 1. The van der Waals surface area contributed by atoms with E-state index < -0.39 is 0 Å². The van der Waals surface area contributed by atoms with Crippen LogP contribution in [0.5, 0.6) is 0 Å². The number of nitrogens with zero attached hydrogens (tertiary/aromatic N) is 1. The van der Waals surface area contributed by atoms with Crippen molar-refractivity contribution in [2.75, 3.05) is 0 Å². The maximum atomic E-state index is 5.23. The van der Waals surface area contributed by atoms with Crippen LogP contribution in [0.2, 0.25) is 0 Å². The summed E-state index contributed by atoms with van der Waals surface area (Å²) in [6.07, 6.45) is 7.37. The molecule has 0 radical (unpaired) electrons. The number of hydrogen-bond acceptors (Lipinski definition) is 2. The smallest absolute Gasteiger partial charge is 0.137 e. The van der Waals surface area contributed by atoms with E-state index in [0.29, 0.717) is 0 Å². The summed E-state index contributed by atoms with van der Waals surface area (Å²) in [5.74, 6) is 0. The normalized spacial score (nSPS) is 11.4. The number of furan rings is 1. The van der Waals surface area contributed by atoms with Gasteiger partial charge in [-0.15, -0.1) is 0 Å². The zero-order valence-electron chi connectivity index (χ0n) is 6.82. The van der Waals surface area contributed by atoms with E-state index in [9.17, 15) is 0 Å². The molecule has 2 aromatic heterocycles. The molecular weight excluding hydrogens is 150 g/mol. The second-order valence-corrected chi connectivity index (χ2v) is 2.53. The molecule has 2 heteroatoms. The molecule has 2 heterocycles. The lowest BCUT2D eigenvalue weighted by Crippen LogP contribution is -1.78. The molecule has 0 aromatic carbocycles. The zero-order valence-corrected chi connectivity index (χ0v) is 6.82. The largest absolute Gasteiger partial charge is 0.464 e. The first-order valence-corrected chi connectivity index (χ1v) is 3.87. The van der Waals surface area contributed by atoms with Gasteiger partial charge < -0.3 is 4.42 Å². The van der Waals surface area contributed by atoms with Gasteiger partial charge in [0, 0.05) is 11.6 Å². The van der Waals surface area contributed by atoms with E-state index >= 15 is 0 Å². The Labute approximate surface area is 70.5 Å². The third-order valence-corrected chi connectivity index (χ3v) is 1.74. The van der Waals surface area contributed by atoms with Crippen LogP contribution in [0.15, 0.2) is 35.1 Å². The molecule has 0 fully saturated rings. The van der Waals surface area contributed by atoms with Crippen LogP contribution in [0.25, 0.3) is 17.0 Å². The molecule has 2 aromatic rings. The lowest BCUT2D eigenvalue weighted by atomic mass is 10.2. The van der Waals surface area contributed by atoms with Crippen molar-refractivity contribution in [2.24, 2.45) is 0 Å². The number of allylic oxidation sites excluding steroid dienone is 1. The molecule has 2 nitrogen and oxygen atoms in total. The van der Waals surface area contributed by atoms with E-state index in [4.69, 9.17) is 4.42 Å². The molecule has 0 bridgehead atoms. The molecular formula is C10H9NO. The van der Waals surface area contributed by atoms with Gasteiger partial charge >= 0.3 is 0 Å². The highest BCUT2D eigenvalue weighted by molar-refractivity contribution is 5.84. The minimum Gasteiger partial charge on any atom is -0.464 e. The molecule has 60 valence electrons. The van der Waals surface area contributed by atoms with Crippen molar-refractivity contribution in [3.8, 4) is 0 Å². The van der Waals surface area contributed by atoms with Crippen LogP contribution < -0.4 is 0 Å². The summed E-state index contributed by atoms with van der Waals surface area (Å²) in [5, 5.41) is 1.07. The maximum Gasteiger partial charge on any atom is 0.137 e. The third kappa shape index (κ3) is 1.01. The Bertz CT molecular complexity index is 414. The number of rotatable bonds is 1. The van der Waals surface area contributed by atoms with Crippen LogP contribution >= 0.6 is 0 Å². The average Bonchev–Trinajstić information content (AvgIpc) is 2.53. The summed E-state index contributed by atoms with van der Waals surface area (Å²) in [5.41, 5.74) is 1.85. The number of fused-ring (bicyclic) bond motifs is 1. The second-order valence-electron chi connectivity index (χ2n) is 2.53. The topological polar surface area (TPSA) is 26.0 Å². The Morgan fingerprint density at radius 2 is 2.33 bits per heavy atom. The molecule has 12 heavy (non-hydrogen) atoms. The molecule has 0 unspecified atom stereocenters. The van der Waals surface area contributed by atoms with E-state index in [1.54, 1.807) is 12.5 Å². The Kier molecular flexibility index (Phi) is 1.67. The molecule has 0 spiro atoms. The fourth-order valence-corrected chi connectivity index (χ4v) is 1.21. The van der Waals surface area contributed by atoms with Crippen LogP contribution in [0.1, 0.15) is 12.6 Å². The van der Waals surface area contributed by atoms with Crippen LogP contribution in [-0.2, 0) is 0 Å². The SMILES string of the molecule is CC=Cc1nccc2occc12. The van der Waals surface area contributed by atoms with E-state index in [1.165, 1.54) is 0 Å². The summed E-state index contributed by atoms with van der Waals surface area (Å²) < 4.78 is 5.23. The van der Waals surface area contributed by atoms with Crippen LogP contribution in [0, 0.1) is 0 Å². The summed E-state index contributed by atoms with van der Waals surface area (Å²) in [4.78, 5) is 4.22. The molecule has 0 atom stereocenters. The van der Waals surface area contributed by atoms with Crippen molar-refractivity contribution in [1.82, 2.24) is 4.98 Å². The van der Waals surface area contributed by atoms with Crippen molar-refractivity contribution < 1.29 is 4.42 Å². The van der Waals surface area contributed by atoms with Gasteiger partial charge in [-0.2, -0.15) is 0 Å². The van der Waals surface area contributed by atoms with Gasteiger partial charge in [0.05, 0.1) is 12.0 Å². The summed E-state index contributed by atoms with van der Waals surface area (Å²) in [6, 6.07) is 3.79. The lowest BCUT2D eigenvalue weighted by molar-refractivity contribution is 0.615. The molecule has 0 N–H and O–H groups in total. The standard InChI is InChI=1S/C10H9NO/c1-2-3-9-8-5-7-12-10(8)4-6-11-9/h2-7H,1H3. The number of hydrogen-bond donors (Lipinski definition) is 0. The lowest BCUT2D eigenvalue weighted by Gasteiger charge is -1.92. The minimum atomic E-state index is 0.887. The first kappa shape index (κ1) is 7.10. The van der Waals surface area contributed by atoms with Crippen molar-refractivity contribution in [3.05, 3.63) is 36.4 Å². The molecule has 2 rings (SSSR count). The van der Waals surface area contributed by atoms with Crippen LogP contribution in [0.3, 0.4) is 0 Å². The molecule has 0 aliphatic carbocycles. The third-order valence-electron chi connectivity index (χ3n) is 1.74. The van der Waals surface area contributed by atoms with Gasteiger partial charge in [-0.25, -0.2) is 0 Å². The predicted octanol–water partition coefficient (Wildman–Crippen LogP) is 2.86. The van der Waals surface area contributed by atoms with Gasteiger partial charge in [0.15, 0.2) is 0 Å². The highest BCUT2D eigenvalue weighted by Crippen LogP contribution is 2.18. The summed E-state index contributed by atoms with van der Waals surface area (Å²) in [7, 11) is 0. The first-order valence-electron chi connectivity index (χ1n) is 3.87. The predicted molar refractivity (Wildman–Crippen MR) is 48.7 cm³/mol. The Morgan fingerprint density at radius 1 is 1.42 bits per heavy atom. The van der Waals surface area contributed by atoms with Crippen LogP contribution in [-0.4, -0.2) is 4.98 Å². The van der Waals surface area contributed by atoms with Crippen molar-refractivity contribution in [1.29, 1.82) is 0 Å². The summed E-state index contributed by atoms with van der Waals surface area (Å²) >= 11 is 0. The summed E-state index contributed by atoms with van der Waals surface area (Å²) in [6.45, 7) is 1.97. The molecule has 0 aliphatic heterocycles. The van der Waals surface area contributed by atoms with Gasteiger partial charge in [0.25, 0.3) is 0 Å². The van der Waals surface area contributed by atoms with Crippen molar-refractivity contribution in [2.45, 2.75) is 6.92 Å². The van der Waals surface area contributed by atoms with Crippen molar-refractivity contribution >= 4 is 17.0 Å². The molecule has 0 saturated carbocycles. The van der Waals surface area contributed by atoms with Gasteiger partial charge in [-0.1, -0.05) is 6.08 Å². The fourth-order valence-electron chi connectivity index (χ4n) is 1.21. The van der Waals surface area contributed by atoms with Crippen LogP contribution in [0.4, 0.5) is 0 Å². The molecule has 0 amide bonds. The fraction of sp³-hybridized carbons (Fsp3) is 0.100. The monoisotopic (exact) mass is 159 g/mol. The average molecular weight is 159 g/mol. The molecule has 0 aliphatic rings.